The second-order valence-electron chi connectivity index (χ2n) is 6.72. The summed E-state index contributed by atoms with van der Waals surface area (Å²) in [6, 6.07) is 3.91. The largest absolute Gasteiger partial charge is 0.477 e. The minimum absolute atomic E-state index is 0.0554. The maximum atomic E-state index is 13.0. The van der Waals surface area contributed by atoms with Crippen LogP contribution in [0.2, 0.25) is 0 Å². The molecule has 1 saturated heterocycles. The van der Waals surface area contributed by atoms with E-state index in [4.69, 9.17) is 4.74 Å². The topological polar surface area (TPSA) is 60.3 Å². The summed E-state index contributed by atoms with van der Waals surface area (Å²) < 4.78 is 46.0. The lowest BCUT2D eigenvalue weighted by molar-refractivity contribution is -0.139. The minimum Gasteiger partial charge on any atom is -0.477 e. The summed E-state index contributed by atoms with van der Waals surface area (Å²) in [6.07, 6.45) is -1.70. The Kier molecular flexibility index (Phi) is 5.38. The number of hydrogen-bond donors (Lipinski definition) is 0. The molecule has 9 heteroatoms. The molecule has 0 aliphatic carbocycles. The van der Waals surface area contributed by atoms with Crippen molar-refractivity contribution >= 4 is 5.91 Å². The number of alkyl halides is 3. The van der Waals surface area contributed by atoms with Gasteiger partial charge in [0.1, 0.15) is 11.3 Å². The highest BCUT2D eigenvalue weighted by Crippen LogP contribution is 2.35. The van der Waals surface area contributed by atoms with Crippen LogP contribution in [0.1, 0.15) is 34.6 Å². The Bertz CT molecular complexity index is 819. The first-order valence-electron chi connectivity index (χ1n) is 8.70. The Morgan fingerprint density at radius 1 is 1.41 bits per heavy atom. The van der Waals surface area contributed by atoms with Crippen LogP contribution in [-0.2, 0) is 13.2 Å². The second kappa shape index (κ2) is 7.58. The maximum absolute atomic E-state index is 13.0. The molecular formula is C18H21F3N4O2. The van der Waals surface area contributed by atoms with Gasteiger partial charge in [0.05, 0.1) is 12.3 Å². The molecular weight excluding hydrogens is 361 g/mol. The SMILES string of the molecule is Cc1cc(C(=O)N2CCCC(COc3ncccc3C(F)(F)F)C2)n(C)n1. The third-order valence-corrected chi connectivity index (χ3v) is 4.56. The number of nitrogens with zero attached hydrogens (tertiary/aromatic N) is 4. The van der Waals surface area contributed by atoms with Gasteiger partial charge in [0.15, 0.2) is 0 Å². The molecule has 0 N–H and O–H groups in total. The highest BCUT2D eigenvalue weighted by atomic mass is 19.4. The van der Waals surface area contributed by atoms with Gasteiger partial charge in [0.2, 0.25) is 5.88 Å². The van der Waals surface area contributed by atoms with Crippen molar-refractivity contribution < 1.29 is 22.7 Å². The highest BCUT2D eigenvalue weighted by molar-refractivity contribution is 5.92. The van der Waals surface area contributed by atoms with Crippen molar-refractivity contribution in [2.24, 2.45) is 13.0 Å². The lowest BCUT2D eigenvalue weighted by Crippen LogP contribution is -2.42. The van der Waals surface area contributed by atoms with Gasteiger partial charge < -0.3 is 9.64 Å². The predicted molar refractivity (Wildman–Crippen MR) is 91.3 cm³/mol. The summed E-state index contributed by atoms with van der Waals surface area (Å²) in [5.74, 6) is -0.604. The number of amides is 1. The zero-order valence-corrected chi connectivity index (χ0v) is 15.2. The van der Waals surface area contributed by atoms with Gasteiger partial charge in [-0.15, -0.1) is 0 Å². The summed E-state index contributed by atoms with van der Waals surface area (Å²) in [5.41, 5.74) is 0.366. The summed E-state index contributed by atoms with van der Waals surface area (Å²) in [5, 5.41) is 4.18. The molecule has 1 fully saturated rings. The third kappa shape index (κ3) is 4.40. The van der Waals surface area contributed by atoms with Crippen molar-refractivity contribution in [1.82, 2.24) is 19.7 Å². The maximum Gasteiger partial charge on any atom is 0.421 e. The van der Waals surface area contributed by atoms with Gasteiger partial charge in [0, 0.05) is 32.3 Å². The van der Waals surface area contributed by atoms with Gasteiger partial charge >= 0.3 is 6.18 Å². The molecule has 0 saturated carbocycles. The molecule has 2 aromatic rings. The lowest BCUT2D eigenvalue weighted by Gasteiger charge is -2.32. The van der Waals surface area contributed by atoms with Gasteiger partial charge in [0.25, 0.3) is 5.91 Å². The Balaban J connectivity index is 1.64. The fourth-order valence-electron chi connectivity index (χ4n) is 3.28. The number of aryl methyl sites for hydroxylation is 2. The molecule has 1 unspecified atom stereocenters. The van der Waals surface area contributed by atoms with Crippen LogP contribution in [0.15, 0.2) is 24.4 Å². The average Bonchev–Trinajstić information content (AvgIpc) is 2.97. The van der Waals surface area contributed by atoms with Gasteiger partial charge in [-0.3, -0.25) is 9.48 Å². The molecule has 6 nitrogen and oxygen atoms in total. The number of aromatic nitrogens is 3. The molecule has 3 rings (SSSR count). The molecule has 1 amide bonds. The first-order chi connectivity index (χ1) is 12.8. The predicted octanol–water partition coefficient (Wildman–Crippen LogP) is 3.07. The van der Waals surface area contributed by atoms with E-state index in [0.29, 0.717) is 18.8 Å². The van der Waals surface area contributed by atoms with Crippen LogP contribution < -0.4 is 4.74 Å². The van der Waals surface area contributed by atoms with Crippen LogP contribution in [0.4, 0.5) is 13.2 Å². The lowest BCUT2D eigenvalue weighted by atomic mass is 9.98. The van der Waals surface area contributed by atoms with Crippen molar-refractivity contribution in [1.29, 1.82) is 0 Å². The molecule has 1 aliphatic heterocycles. The number of hydrogen-bond acceptors (Lipinski definition) is 4. The van der Waals surface area contributed by atoms with E-state index in [-0.39, 0.29) is 18.4 Å². The van der Waals surface area contributed by atoms with E-state index < -0.39 is 17.6 Å². The zero-order valence-electron chi connectivity index (χ0n) is 15.2. The number of carbonyl (C=O) groups excluding carboxylic acids is 1. The molecule has 0 radical (unpaired) electrons. The van der Waals surface area contributed by atoms with Crippen molar-refractivity contribution in [3.63, 3.8) is 0 Å². The number of carbonyl (C=O) groups is 1. The van der Waals surface area contributed by atoms with Gasteiger partial charge in [-0.1, -0.05) is 0 Å². The van der Waals surface area contributed by atoms with Crippen LogP contribution in [0.3, 0.4) is 0 Å². The normalized spacial score (nSPS) is 17.8. The van der Waals surface area contributed by atoms with Crippen LogP contribution in [0.5, 0.6) is 5.88 Å². The first-order valence-corrected chi connectivity index (χ1v) is 8.70. The van der Waals surface area contributed by atoms with Crippen LogP contribution >= 0.6 is 0 Å². The van der Waals surface area contributed by atoms with Crippen molar-refractivity contribution in [3.8, 4) is 5.88 Å². The third-order valence-electron chi connectivity index (χ3n) is 4.56. The molecule has 0 bridgehead atoms. The summed E-state index contributed by atoms with van der Waals surface area (Å²) >= 11 is 0. The molecule has 2 aromatic heterocycles. The number of piperidine rings is 1. The molecule has 1 atom stereocenters. The summed E-state index contributed by atoms with van der Waals surface area (Å²) in [7, 11) is 1.71. The highest BCUT2D eigenvalue weighted by Gasteiger charge is 2.35. The Labute approximate surface area is 154 Å². The fourth-order valence-corrected chi connectivity index (χ4v) is 3.28. The monoisotopic (exact) mass is 382 g/mol. The standard InChI is InChI=1S/C18H21F3N4O2/c1-12-9-15(24(2)23-12)17(26)25-8-4-5-13(10-25)11-27-16-14(18(19,20)21)6-3-7-22-16/h3,6-7,9,13H,4-5,8,10-11H2,1-2H3. The van der Waals surface area contributed by atoms with E-state index in [1.165, 1.54) is 12.3 Å². The number of halogens is 3. The van der Waals surface area contributed by atoms with Crippen LogP contribution in [0.25, 0.3) is 0 Å². The van der Waals surface area contributed by atoms with E-state index in [1.807, 2.05) is 6.92 Å². The Morgan fingerprint density at radius 3 is 2.85 bits per heavy atom. The van der Waals surface area contributed by atoms with Crippen LogP contribution in [0, 0.1) is 12.8 Å². The number of rotatable bonds is 4. The average molecular weight is 382 g/mol. The number of ether oxygens (including phenoxy) is 1. The number of pyridine rings is 1. The molecule has 1 aliphatic rings. The quantitative estimate of drug-likeness (QED) is 0.816. The number of likely N-dealkylation sites (tertiary alicyclic amines) is 1. The second-order valence-corrected chi connectivity index (χ2v) is 6.72. The molecule has 27 heavy (non-hydrogen) atoms. The van der Waals surface area contributed by atoms with E-state index in [9.17, 15) is 18.0 Å². The van der Waals surface area contributed by atoms with Gasteiger partial charge in [-0.05, 0) is 38.0 Å². The Hall–Kier alpha value is -2.58. The van der Waals surface area contributed by atoms with Crippen molar-refractivity contribution in [2.75, 3.05) is 19.7 Å². The molecule has 0 aromatic carbocycles. The minimum atomic E-state index is -4.52. The molecule has 146 valence electrons. The summed E-state index contributed by atoms with van der Waals surface area (Å²) in [6.45, 7) is 2.93. The first kappa shape index (κ1) is 19.2. The molecule has 3 heterocycles. The summed E-state index contributed by atoms with van der Waals surface area (Å²) in [4.78, 5) is 18.1. The van der Waals surface area contributed by atoms with E-state index in [1.54, 1.807) is 22.7 Å². The smallest absolute Gasteiger partial charge is 0.421 e. The van der Waals surface area contributed by atoms with E-state index >= 15 is 0 Å². The van der Waals surface area contributed by atoms with E-state index in [2.05, 4.69) is 10.1 Å². The van der Waals surface area contributed by atoms with E-state index in [0.717, 1.165) is 24.6 Å². The Morgan fingerprint density at radius 2 is 2.19 bits per heavy atom. The van der Waals surface area contributed by atoms with Crippen molar-refractivity contribution in [3.05, 3.63) is 41.3 Å². The fraction of sp³-hybridized carbons (Fsp3) is 0.500. The van der Waals surface area contributed by atoms with Gasteiger partial charge in [-0.25, -0.2) is 4.98 Å². The zero-order chi connectivity index (χ0) is 19.6. The van der Waals surface area contributed by atoms with Gasteiger partial charge in [-0.2, -0.15) is 18.3 Å². The van der Waals surface area contributed by atoms with Crippen LogP contribution in [-0.4, -0.2) is 45.3 Å². The van der Waals surface area contributed by atoms with Crippen molar-refractivity contribution in [2.45, 2.75) is 25.9 Å². The molecule has 0 spiro atoms.